The second kappa shape index (κ2) is 6.17. The quantitative estimate of drug-likeness (QED) is 0.842. The highest BCUT2D eigenvalue weighted by Gasteiger charge is 2.08. The predicted octanol–water partition coefficient (Wildman–Crippen LogP) is 4.31. The number of aliphatic hydroxyl groups excluding tert-OH is 1. The van der Waals surface area contributed by atoms with Crippen molar-refractivity contribution in [3.63, 3.8) is 0 Å². The molecule has 0 spiro atoms. The molecule has 0 saturated heterocycles. The van der Waals surface area contributed by atoms with Crippen molar-refractivity contribution in [1.82, 2.24) is 0 Å². The van der Waals surface area contributed by atoms with Gasteiger partial charge in [-0.15, -0.1) is 11.8 Å². The Hall–Kier alpha value is -1.39. The Morgan fingerprint density at radius 3 is 2.63 bits per heavy atom. The van der Waals surface area contributed by atoms with E-state index >= 15 is 0 Å². The summed E-state index contributed by atoms with van der Waals surface area (Å²) in [5, 5.41) is 9.50. The molecular weight excluding hydrogens is 266 g/mol. The summed E-state index contributed by atoms with van der Waals surface area (Å²) < 4.78 is 26.5. The van der Waals surface area contributed by atoms with E-state index in [-0.39, 0.29) is 0 Å². The van der Waals surface area contributed by atoms with Crippen LogP contribution in [0.2, 0.25) is 0 Å². The molecule has 1 N–H and O–H groups in total. The number of aliphatic hydroxyl groups is 1. The molecule has 2 rings (SSSR count). The molecule has 0 aliphatic rings. The van der Waals surface area contributed by atoms with Gasteiger partial charge in [0.25, 0.3) is 0 Å². The van der Waals surface area contributed by atoms with Crippen LogP contribution in [0.25, 0.3) is 0 Å². The largest absolute Gasteiger partial charge is 0.389 e. The van der Waals surface area contributed by atoms with E-state index in [1.807, 2.05) is 24.3 Å². The van der Waals surface area contributed by atoms with E-state index in [4.69, 9.17) is 0 Å². The smallest absolute Gasteiger partial charge is 0.162 e. The van der Waals surface area contributed by atoms with Gasteiger partial charge in [0.2, 0.25) is 0 Å². The zero-order chi connectivity index (χ0) is 13.8. The molecule has 0 amide bonds. The summed E-state index contributed by atoms with van der Waals surface area (Å²) in [6.07, 6.45) is -0.536. The van der Waals surface area contributed by atoms with Gasteiger partial charge in [-0.25, -0.2) is 8.78 Å². The molecule has 1 unspecified atom stereocenters. The predicted molar refractivity (Wildman–Crippen MR) is 73.0 cm³/mol. The van der Waals surface area contributed by atoms with Crippen molar-refractivity contribution in [2.75, 3.05) is 0 Å². The van der Waals surface area contributed by atoms with Gasteiger partial charge in [0.1, 0.15) is 0 Å². The fourth-order valence-electron chi connectivity index (χ4n) is 1.69. The Kier molecular flexibility index (Phi) is 4.56. The van der Waals surface area contributed by atoms with Crippen LogP contribution in [0.1, 0.15) is 24.2 Å². The van der Waals surface area contributed by atoms with Crippen molar-refractivity contribution < 1.29 is 13.9 Å². The number of benzene rings is 2. The average Bonchev–Trinajstić information content (AvgIpc) is 2.41. The molecule has 0 aromatic heterocycles. The van der Waals surface area contributed by atoms with Gasteiger partial charge < -0.3 is 5.11 Å². The molecule has 0 bridgehead atoms. The molecule has 1 atom stereocenters. The third-order valence-electron chi connectivity index (χ3n) is 2.77. The first-order chi connectivity index (χ1) is 9.08. The number of halogens is 2. The van der Waals surface area contributed by atoms with Crippen molar-refractivity contribution in [3.8, 4) is 0 Å². The monoisotopic (exact) mass is 280 g/mol. The Bertz CT molecular complexity index is 570. The molecule has 2 aromatic carbocycles. The van der Waals surface area contributed by atoms with Crippen LogP contribution in [0.3, 0.4) is 0 Å². The van der Waals surface area contributed by atoms with Gasteiger partial charge in [0, 0.05) is 16.2 Å². The van der Waals surface area contributed by atoms with Gasteiger partial charge >= 0.3 is 0 Å². The van der Waals surface area contributed by atoms with Crippen LogP contribution < -0.4 is 0 Å². The summed E-state index contributed by atoms with van der Waals surface area (Å²) in [5.41, 5.74) is 1.15. The van der Waals surface area contributed by atoms with Gasteiger partial charge in [-0.2, -0.15) is 0 Å². The minimum atomic E-state index is -0.823. The SMILES string of the molecule is CC(O)c1cccc(SCc2cccc(F)c2F)c1. The van der Waals surface area contributed by atoms with Gasteiger partial charge in [-0.3, -0.25) is 0 Å². The van der Waals surface area contributed by atoms with E-state index in [0.717, 1.165) is 16.5 Å². The Labute approximate surface area is 115 Å². The van der Waals surface area contributed by atoms with Crippen molar-refractivity contribution in [2.45, 2.75) is 23.7 Å². The summed E-state index contributed by atoms with van der Waals surface area (Å²) in [6.45, 7) is 1.69. The molecule has 1 nitrogen and oxygen atoms in total. The summed E-state index contributed by atoms with van der Waals surface area (Å²) in [7, 11) is 0. The first-order valence-electron chi connectivity index (χ1n) is 5.91. The molecule has 19 heavy (non-hydrogen) atoms. The molecule has 0 aliphatic carbocycles. The maximum absolute atomic E-state index is 13.5. The van der Waals surface area contributed by atoms with Gasteiger partial charge in [-0.1, -0.05) is 24.3 Å². The van der Waals surface area contributed by atoms with Gasteiger partial charge in [0.15, 0.2) is 11.6 Å². The van der Waals surface area contributed by atoms with Crippen LogP contribution in [0.15, 0.2) is 47.4 Å². The highest BCUT2D eigenvalue weighted by molar-refractivity contribution is 7.98. The first kappa shape index (κ1) is 14.0. The summed E-state index contributed by atoms with van der Waals surface area (Å²) in [6, 6.07) is 11.6. The normalized spacial score (nSPS) is 12.4. The van der Waals surface area contributed by atoms with E-state index in [2.05, 4.69) is 0 Å². The van der Waals surface area contributed by atoms with Crippen molar-refractivity contribution in [3.05, 3.63) is 65.2 Å². The Balaban J connectivity index is 2.10. The number of rotatable bonds is 4. The van der Waals surface area contributed by atoms with Crippen LogP contribution in [0.4, 0.5) is 8.78 Å². The van der Waals surface area contributed by atoms with E-state index in [1.54, 1.807) is 13.0 Å². The Morgan fingerprint density at radius 2 is 1.89 bits per heavy atom. The highest BCUT2D eigenvalue weighted by atomic mass is 32.2. The Morgan fingerprint density at radius 1 is 1.16 bits per heavy atom. The number of hydrogen-bond acceptors (Lipinski definition) is 2. The molecule has 0 aliphatic heterocycles. The third-order valence-corrected chi connectivity index (χ3v) is 3.81. The van der Waals surface area contributed by atoms with Crippen molar-refractivity contribution in [1.29, 1.82) is 0 Å². The summed E-state index contributed by atoms with van der Waals surface area (Å²) in [5.74, 6) is -1.26. The standard InChI is InChI=1S/C15H14F2OS/c1-10(18)11-4-2-6-13(8-11)19-9-12-5-3-7-14(16)15(12)17/h2-8,10,18H,9H2,1H3. The van der Waals surface area contributed by atoms with Crippen LogP contribution in [-0.4, -0.2) is 5.11 Å². The molecular formula is C15H14F2OS. The zero-order valence-corrected chi connectivity index (χ0v) is 11.3. The van der Waals surface area contributed by atoms with E-state index in [0.29, 0.717) is 11.3 Å². The van der Waals surface area contributed by atoms with Gasteiger partial charge in [-0.05, 0) is 30.7 Å². The van der Waals surface area contributed by atoms with Crippen molar-refractivity contribution >= 4 is 11.8 Å². The van der Waals surface area contributed by atoms with Gasteiger partial charge in [0.05, 0.1) is 6.10 Å². The molecule has 0 saturated carbocycles. The number of hydrogen-bond donors (Lipinski definition) is 1. The second-order valence-electron chi connectivity index (χ2n) is 4.25. The third kappa shape index (κ3) is 3.55. The lowest BCUT2D eigenvalue weighted by atomic mass is 10.1. The summed E-state index contributed by atoms with van der Waals surface area (Å²) >= 11 is 1.41. The maximum atomic E-state index is 13.5. The minimum absolute atomic E-state index is 0.340. The molecule has 100 valence electrons. The van der Waals surface area contributed by atoms with E-state index < -0.39 is 17.7 Å². The van der Waals surface area contributed by atoms with E-state index in [1.165, 1.54) is 17.8 Å². The molecule has 0 radical (unpaired) electrons. The average molecular weight is 280 g/mol. The van der Waals surface area contributed by atoms with E-state index in [9.17, 15) is 13.9 Å². The molecule has 0 heterocycles. The lowest BCUT2D eigenvalue weighted by Gasteiger charge is -2.08. The zero-order valence-electron chi connectivity index (χ0n) is 10.4. The molecule has 0 fully saturated rings. The van der Waals surface area contributed by atoms with Crippen LogP contribution in [0, 0.1) is 11.6 Å². The topological polar surface area (TPSA) is 20.2 Å². The number of thioether (sulfide) groups is 1. The first-order valence-corrected chi connectivity index (χ1v) is 6.90. The fraction of sp³-hybridized carbons (Fsp3) is 0.200. The van der Waals surface area contributed by atoms with Crippen molar-refractivity contribution in [2.24, 2.45) is 0 Å². The van der Waals surface area contributed by atoms with Crippen LogP contribution in [-0.2, 0) is 5.75 Å². The minimum Gasteiger partial charge on any atom is -0.389 e. The van der Waals surface area contributed by atoms with Crippen LogP contribution >= 0.6 is 11.8 Å². The maximum Gasteiger partial charge on any atom is 0.162 e. The molecule has 2 aromatic rings. The lowest BCUT2D eigenvalue weighted by Crippen LogP contribution is -1.93. The lowest BCUT2D eigenvalue weighted by molar-refractivity contribution is 0.199. The summed E-state index contributed by atoms with van der Waals surface area (Å²) in [4.78, 5) is 0.919. The molecule has 4 heteroatoms. The second-order valence-corrected chi connectivity index (χ2v) is 5.30. The highest BCUT2D eigenvalue weighted by Crippen LogP contribution is 2.27. The van der Waals surface area contributed by atoms with Crippen LogP contribution in [0.5, 0.6) is 0 Å². The fourth-order valence-corrected chi connectivity index (χ4v) is 2.62.